The first-order chi connectivity index (χ1) is 6.55. The number of hydrogen-bond donors (Lipinski definition) is 0. The Labute approximate surface area is 86.3 Å². The number of hydrogen-bond acceptors (Lipinski definition) is 2. The number of carbonyl (C=O) groups excluding carboxylic acids is 1. The fourth-order valence-electron chi connectivity index (χ4n) is 2.23. The van der Waals surface area contributed by atoms with Crippen molar-refractivity contribution in [2.24, 2.45) is 17.3 Å². The molecule has 3 atom stereocenters. The van der Waals surface area contributed by atoms with Crippen molar-refractivity contribution in [1.29, 1.82) is 0 Å². The third-order valence-electron chi connectivity index (χ3n) is 3.46. The average molecular weight is 196 g/mol. The van der Waals surface area contributed by atoms with Crippen molar-refractivity contribution >= 4 is 5.97 Å². The Morgan fingerprint density at radius 3 is 2.79 bits per heavy atom. The molecule has 0 aromatic heterocycles. The molecule has 2 heteroatoms. The molecule has 1 fully saturated rings. The van der Waals surface area contributed by atoms with E-state index < -0.39 is 0 Å². The highest BCUT2D eigenvalue weighted by molar-refractivity contribution is 5.73. The van der Waals surface area contributed by atoms with E-state index >= 15 is 0 Å². The van der Waals surface area contributed by atoms with Gasteiger partial charge in [0.05, 0.1) is 5.92 Å². The zero-order valence-electron chi connectivity index (χ0n) is 9.54. The topological polar surface area (TPSA) is 26.3 Å². The first-order valence-electron chi connectivity index (χ1n) is 5.35. The Hall–Kier alpha value is -0.790. The Balaban J connectivity index is 2.88. The molecule has 0 spiro atoms. The number of ether oxygens (including phenoxy) is 1. The second kappa shape index (κ2) is 4.16. The second-order valence-electron chi connectivity index (χ2n) is 4.42. The molecule has 1 heterocycles. The van der Waals surface area contributed by atoms with Crippen molar-refractivity contribution in [3.8, 4) is 0 Å². The van der Waals surface area contributed by atoms with Crippen LogP contribution in [0.2, 0.25) is 0 Å². The summed E-state index contributed by atoms with van der Waals surface area (Å²) in [5.41, 5.74) is 0.0172. The van der Waals surface area contributed by atoms with Gasteiger partial charge in [0.15, 0.2) is 0 Å². The monoisotopic (exact) mass is 196 g/mol. The van der Waals surface area contributed by atoms with Gasteiger partial charge in [0.2, 0.25) is 0 Å². The van der Waals surface area contributed by atoms with Crippen LogP contribution in [0, 0.1) is 17.3 Å². The van der Waals surface area contributed by atoms with Gasteiger partial charge in [-0.25, -0.2) is 0 Å². The summed E-state index contributed by atoms with van der Waals surface area (Å²) < 4.78 is 5.23. The van der Waals surface area contributed by atoms with E-state index in [1.54, 1.807) is 0 Å². The quantitative estimate of drug-likeness (QED) is 0.501. The highest BCUT2D eigenvalue weighted by Gasteiger charge is 2.42. The summed E-state index contributed by atoms with van der Waals surface area (Å²) >= 11 is 0. The fourth-order valence-corrected chi connectivity index (χ4v) is 2.23. The molecule has 0 amide bonds. The smallest absolute Gasteiger partial charge is 0.309 e. The molecule has 2 nitrogen and oxygen atoms in total. The molecule has 1 aliphatic heterocycles. The van der Waals surface area contributed by atoms with Gasteiger partial charge in [-0.3, -0.25) is 4.79 Å². The third-order valence-corrected chi connectivity index (χ3v) is 3.46. The van der Waals surface area contributed by atoms with E-state index in [-0.39, 0.29) is 17.3 Å². The minimum Gasteiger partial charge on any atom is -0.465 e. The summed E-state index contributed by atoms with van der Waals surface area (Å²) in [5.74, 6) is 0.400. The molecule has 1 saturated heterocycles. The molecule has 0 aromatic rings. The summed E-state index contributed by atoms with van der Waals surface area (Å²) in [4.78, 5) is 11.5. The molecule has 0 N–H and O–H groups in total. The molecule has 1 rings (SSSR count). The molecule has 1 aliphatic rings. The van der Waals surface area contributed by atoms with Crippen LogP contribution in [0.4, 0.5) is 0 Å². The fraction of sp³-hybridized carbons (Fsp3) is 0.750. The first-order valence-corrected chi connectivity index (χ1v) is 5.35. The van der Waals surface area contributed by atoms with Gasteiger partial charge in [0.25, 0.3) is 0 Å². The Morgan fingerprint density at radius 1 is 1.64 bits per heavy atom. The lowest BCUT2D eigenvalue weighted by Crippen LogP contribution is -2.43. The molecule has 0 bridgehead atoms. The summed E-state index contributed by atoms with van der Waals surface area (Å²) in [6.07, 6.45) is 5.07. The van der Waals surface area contributed by atoms with E-state index in [1.807, 2.05) is 19.9 Å². The van der Waals surface area contributed by atoms with Crippen LogP contribution >= 0.6 is 0 Å². The van der Waals surface area contributed by atoms with Crippen LogP contribution in [0.5, 0.6) is 0 Å². The van der Waals surface area contributed by atoms with Gasteiger partial charge in [0.1, 0.15) is 6.61 Å². The molecule has 80 valence electrons. The molecular weight excluding hydrogens is 176 g/mol. The van der Waals surface area contributed by atoms with Gasteiger partial charge >= 0.3 is 5.97 Å². The zero-order valence-corrected chi connectivity index (χ0v) is 9.54. The third kappa shape index (κ3) is 1.84. The summed E-state index contributed by atoms with van der Waals surface area (Å²) in [5, 5.41) is 0. The number of cyclic esters (lactones) is 1. The van der Waals surface area contributed by atoms with E-state index in [0.29, 0.717) is 12.5 Å². The average Bonchev–Trinajstić information content (AvgIpc) is 2.14. The maximum atomic E-state index is 11.5. The molecule has 0 aliphatic carbocycles. The molecule has 0 aromatic carbocycles. The summed E-state index contributed by atoms with van der Waals surface area (Å²) in [6, 6.07) is 0. The van der Waals surface area contributed by atoms with Crippen molar-refractivity contribution < 1.29 is 9.53 Å². The van der Waals surface area contributed by atoms with E-state index in [2.05, 4.69) is 19.9 Å². The number of allylic oxidation sites excluding steroid dienone is 1. The van der Waals surface area contributed by atoms with Crippen molar-refractivity contribution in [1.82, 2.24) is 0 Å². The largest absolute Gasteiger partial charge is 0.465 e. The molecule has 0 radical (unpaired) electrons. The predicted octanol–water partition coefficient (Wildman–Crippen LogP) is 2.79. The van der Waals surface area contributed by atoms with Gasteiger partial charge in [-0.2, -0.15) is 0 Å². The maximum absolute atomic E-state index is 11.5. The normalized spacial score (nSPS) is 38.7. The lowest BCUT2D eigenvalue weighted by atomic mass is 9.69. The molecule has 0 saturated carbocycles. The van der Waals surface area contributed by atoms with E-state index in [1.165, 1.54) is 0 Å². The lowest BCUT2D eigenvalue weighted by Gasteiger charge is -2.41. The van der Waals surface area contributed by atoms with Crippen LogP contribution in [-0.4, -0.2) is 12.6 Å². The van der Waals surface area contributed by atoms with E-state index in [0.717, 1.165) is 6.42 Å². The minimum absolute atomic E-state index is 0.0172. The molecule has 14 heavy (non-hydrogen) atoms. The van der Waals surface area contributed by atoms with Gasteiger partial charge < -0.3 is 4.74 Å². The Morgan fingerprint density at radius 2 is 2.29 bits per heavy atom. The van der Waals surface area contributed by atoms with Crippen LogP contribution < -0.4 is 0 Å². The zero-order chi connectivity index (χ0) is 10.8. The maximum Gasteiger partial charge on any atom is 0.309 e. The highest BCUT2D eigenvalue weighted by Crippen LogP contribution is 2.40. The van der Waals surface area contributed by atoms with Gasteiger partial charge in [0, 0.05) is 5.41 Å². The molecule has 3 unspecified atom stereocenters. The van der Waals surface area contributed by atoms with Gasteiger partial charge in [-0.1, -0.05) is 32.9 Å². The van der Waals surface area contributed by atoms with Crippen molar-refractivity contribution in [2.45, 2.75) is 34.1 Å². The lowest BCUT2D eigenvalue weighted by molar-refractivity contribution is -0.164. The van der Waals surface area contributed by atoms with Crippen LogP contribution in [0.1, 0.15) is 34.1 Å². The van der Waals surface area contributed by atoms with Crippen LogP contribution in [0.25, 0.3) is 0 Å². The SMILES string of the molecule is C/C=C/C1(C)COC(=O)C(CC)C1C. The van der Waals surface area contributed by atoms with Crippen molar-refractivity contribution in [3.63, 3.8) is 0 Å². The minimum atomic E-state index is -0.0259. The van der Waals surface area contributed by atoms with Crippen LogP contribution in [0.3, 0.4) is 0 Å². The summed E-state index contributed by atoms with van der Waals surface area (Å²) in [6.45, 7) is 8.88. The standard InChI is InChI=1S/C12H20O2/c1-5-7-12(4)8-14-11(13)10(6-2)9(12)3/h5,7,9-10H,6,8H2,1-4H3/b7-5+. The first kappa shape index (κ1) is 11.3. The van der Waals surface area contributed by atoms with E-state index in [4.69, 9.17) is 4.74 Å². The number of rotatable bonds is 2. The van der Waals surface area contributed by atoms with E-state index in [9.17, 15) is 4.79 Å². The second-order valence-corrected chi connectivity index (χ2v) is 4.42. The van der Waals surface area contributed by atoms with Gasteiger partial charge in [-0.05, 0) is 19.3 Å². The van der Waals surface area contributed by atoms with Crippen molar-refractivity contribution in [2.75, 3.05) is 6.61 Å². The summed E-state index contributed by atoms with van der Waals surface area (Å²) in [7, 11) is 0. The predicted molar refractivity (Wildman–Crippen MR) is 56.8 cm³/mol. The Bertz CT molecular complexity index is 245. The molecular formula is C12H20O2. The highest BCUT2D eigenvalue weighted by atomic mass is 16.5. The number of esters is 1. The van der Waals surface area contributed by atoms with Crippen LogP contribution in [0.15, 0.2) is 12.2 Å². The van der Waals surface area contributed by atoms with Crippen LogP contribution in [-0.2, 0) is 9.53 Å². The van der Waals surface area contributed by atoms with Gasteiger partial charge in [-0.15, -0.1) is 0 Å². The van der Waals surface area contributed by atoms with Crippen molar-refractivity contribution in [3.05, 3.63) is 12.2 Å². The number of carbonyl (C=O) groups is 1. The Kier molecular flexibility index (Phi) is 3.35.